The van der Waals surface area contributed by atoms with Crippen molar-refractivity contribution >= 4 is 5.91 Å². The first-order valence-electron chi connectivity index (χ1n) is 9.14. The van der Waals surface area contributed by atoms with Crippen molar-refractivity contribution in [3.8, 4) is 0 Å². The highest BCUT2D eigenvalue weighted by Crippen LogP contribution is 2.17. The van der Waals surface area contributed by atoms with E-state index < -0.39 is 0 Å². The zero-order valence-electron chi connectivity index (χ0n) is 15.4. The molecule has 1 aromatic heterocycles. The van der Waals surface area contributed by atoms with Crippen LogP contribution in [0.25, 0.3) is 0 Å². The highest BCUT2D eigenvalue weighted by atomic mass is 16.2. The quantitative estimate of drug-likeness (QED) is 0.890. The van der Waals surface area contributed by atoms with Gasteiger partial charge in [0.1, 0.15) is 11.4 Å². The molecule has 0 spiro atoms. The Balaban J connectivity index is 1.61. The summed E-state index contributed by atoms with van der Waals surface area (Å²) in [5, 5.41) is 0. The minimum Gasteiger partial charge on any atom is -0.337 e. The van der Waals surface area contributed by atoms with Crippen molar-refractivity contribution in [1.82, 2.24) is 19.8 Å². The lowest BCUT2D eigenvalue weighted by molar-refractivity contribution is 0.0609. The maximum absolute atomic E-state index is 12.7. The first kappa shape index (κ1) is 18.3. The molecule has 1 aliphatic rings. The number of hydrogen-bond acceptors (Lipinski definition) is 4. The van der Waals surface area contributed by atoms with E-state index >= 15 is 0 Å². The molecule has 0 saturated carbocycles. The molecule has 0 aliphatic carbocycles. The van der Waals surface area contributed by atoms with Crippen LogP contribution in [0.1, 0.15) is 34.6 Å². The van der Waals surface area contributed by atoms with E-state index in [9.17, 15) is 9.59 Å². The number of rotatable bonds is 5. The van der Waals surface area contributed by atoms with Crippen molar-refractivity contribution in [2.75, 3.05) is 26.7 Å². The summed E-state index contributed by atoms with van der Waals surface area (Å²) >= 11 is 0. The first-order chi connectivity index (χ1) is 12.5. The van der Waals surface area contributed by atoms with Crippen LogP contribution in [0.2, 0.25) is 0 Å². The molecule has 6 heteroatoms. The molecule has 1 N–H and O–H groups in total. The van der Waals surface area contributed by atoms with Gasteiger partial charge in [0.15, 0.2) is 0 Å². The Kier molecular flexibility index (Phi) is 5.83. The SMILES string of the molecule is Cc1ncc(C(=O)N2CCCC(N(C)CCc3ccccc3)C2)c(=O)[nH]1. The van der Waals surface area contributed by atoms with E-state index in [1.807, 2.05) is 6.07 Å². The van der Waals surface area contributed by atoms with E-state index in [0.717, 1.165) is 25.8 Å². The standard InChI is InChI=1S/C20H26N4O2/c1-15-21-13-18(19(25)22-15)20(26)24-11-6-9-17(14-24)23(2)12-10-16-7-4-3-5-8-16/h3-5,7-8,13,17H,6,9-12,14H2,1-2H3,(H,21,22,25). The van der Waals surface area contributed by atoms with Gasteiger partial charge in [-0.05, 0) is 38.8 Å². The van der Waals surface area contributed by atoms with Gasteiger partial charge in [0.2, 0.25) is 0 Å². The number of piperidine rings is 1. The molecule has 6 nitrogen and oxygen atoms in total. The number of hydrogen-bond donors (Lipinski definition) is 1. The van der Waals surface area contributed by atoms with E-state index in [2.05, 4.69) is 46.2 Å². The zero-order valence-corrected chi connectivity index (χ0v) is 15.4. The predicted octanol–water partition coefficient (Wildman–Crippen LogP) is 1.86. The van der Waals surface area contributed by atoms with E-state index in [-0.39, 0.29) is 17.0 Å². The fourth-order valence-electron chi connectivity index (χ4n) is 3.44. The number of amides is 1. The maximum Gasteiger partial charge on any atom is 0.263 e. The zero-order chi connectivity index (χ0) is 18.5. The van der Waals surface area contributed by atoms with Crippen molar-refractivity contribution in [3.63, 3.8) is 0 Å². The molecule has 1 amide bonds. The molecule has 0 bridgehead atoms. The topological polar surface area (TPSA) is 69.3 Å². The van der Waals surface area contributed by atoms with Crippen LogP contribution in [0, 0.1) is 6.92 Å². The van der Waals surface area contributed by atoms with Crippen molar-refractivity contribution in [1.29, 1.82) is 0 Å². The molecule has 3 rings (SSSR count). The number of H-pyrrole nitrogens is 1. The Hall–Kier alpha value is -2.47. The Labute approximate surface area is 153 Å². The Morgan fingerprint density at radius 2 is 2.12 bits per heavy atom. The predicted molar refractivity (Wildman–Crippen MR) is 101 cm³/mol. The minimum absolute atomic E-state index is 0.128. The largest absolute Gasteiger partial charge is 0.337 e. The summed E-state index contributed by atoms with van der Waals surface area (Å²) in [7, 11) is 2.11. The van der Waals surface area contributed by atoms with Gasteiger partial charge in [0, 0.05) is 31.9 Å². The monoisotopic (exact) mass is 354 g/mol. The molecule has 1 fully saturated rings. The number of carbonyl (C=O) groups excluding carboxylic acids is 1. The van der Waals surface area contributed by atoms with Crippen molar-refractivity contribution in [2.24, 2.45) is 0 Å². The molecule has 0 radical (unpaired) electrons. The van der Waals surface area contributed by atoms with Gasteiger partial charge >= 0.3 is 0 Å². The average Bonchev–Trinajstić information content (AvgIpc) is 2.66. The fourth-order valence-corrected chi connectivity index (χ4v) is 3.44. The van der Waals surface area contributed by atoms with Crippen LogP contribution in [-0.2, 0) is 6.42 Å². The molecule has 26 heavy (non-hydrogen) atoms. The smallest absolute Gasteiger partial charge is 0.263 e. The summed E-state index contributed by atoms with van der Waals surface area (Å²) < 4.78 is 0. The molecular weight excluding hydrogens is 328 g/mol. The molecular formula is C20H26N4O2. The van der Waals surface area contributed by atoms with Crippen LogP contribution >= 0.6 is 0 Å². The summed E-state index contributed by atoms with van der Waals surface area (Å²) in [6.07, 6.45) is 4.39. The van der Waals surface area contributed by atoms with Gasteiger partial charge in [-0.3, -0.25) is 9.59 Å². The first-order valence-corrected chi connectivity index (χ1v) is 9.14. The van der Waals surface area contributed by atoms with Gasteiger partial charge in [-0.25, -0.2) is 4.98 Å². The molecule has 1 aromatic carbocycles. The van der Waals surface area contributed by atoms with Gasteiger partial charge < -0.3 is 14.8 Å². The van der Waals surface area contributed by atoms with Crippen LogP contribution in [0.15, 0.2) is 41.3 Å². The number of benzene rings is 1. The minimum atomic E-state index is -0.359. The summed E-state index contributed by atoms with van der Waals surface area (Å²) in [5.74, 6) is 0.295. The van der Waals surface area contributed by atoms with Crippen LogP contribution in [-0.4, -0.2) is 58.4 Å². The number of carbonyl (C=O) groups is 1. The van der Waals surface area contributed by atoms with Crippen LogP contribution in [0.5, 0.6) is 0 Å². The van der Waals surface area contributed by atoms with E-state index in [0.29, 0.717) is 25.0 Å². The molecule has 138 valence electrons. The second kappa shape index (κ2) is 8.27. The molecule has 1 saturated heterocycles. The number of nitrogens with zero attached hydrogens (tertiary/aromatic N) is 3. The number of aromatic amines is 1. The lowest BCUT2D eigenvalue weighted by atomic mass is 10.0. The third-order valence-corrected chi connectivity index (χ3v) is 5.06. The maximum atomic E-state index is 12.7. The van der Waals surface area contributed by atoms with Crippen molar-refractivity contribution in [3.05, 3.63) is 63.8 Å². The second-order valence-electron chi connectivity index (χ2n) is 6.97. The lowest BCUT2D eigenvalue weighted by Gasteiger charge is -2.37. The van der Waals surface area contributed by atoms with Gasteiger partial charge in [0.05, 0.1) is 0 Å². The Morgan fingerprint density at radius 1 is 1.35 bits per heavy atom. The highest BCUT2D eigenvalue weighted by Gasteiger charge is 2.28. The van der Waals surface area contributed by atoms with Gasteiger partial charge in [0.25, 0.3) is 11.5 Å². The van der Waals surface area contributed by atoms with Gasteiger partial charge in [-0.15, -0.1) is 0 Å². The highest BCUT2D eigenvalue weighted by molar-refractivity contribution is 5.93. The summed E-state index contributed by atoms with van der Waals surface area (Å²) in [4.78, 5) is 35.5. The summed E-state index contributed by atoms with van der Waals surface area (Å²) in [6, 6.07) is 10.7. The van der Waals surface area contributed by atoms with Crippen LogP contribution in [0.4, 0.5) is 0 Å². The number of aryl methyl sites for hydroxylation is 1. The van der Waals surface area contributed by atoms with Gasteiger partial charge in [-0.2, -0.15) is 0 Å². The van der Waals surface area contributed by atoms with Crippen molar-refractivity contribution in [2.45, 2.75) is 32.2 Å². The summed E-state index contributed by atoms with van der Waals surface area (Å²) in [5.41, 5.74) is 1.09. The average molecular weight is 354 g/mol. The van der Waals surface area contributed by atoms with E-state index in [1.54, 1.807) is 11.8 Å². The second-order valence-corrected chi connectivity index (χ2v) is 6.97. The van der Waals surface area contributed by atoms with Gasteiger partial charge in [-0.1, -0.05) is 30.3 Å². The molecule has 1 aliphatic heterocycles. The molecule has 2 heterocycles. The number of aromatic nitrogens is 2. The van der Waals surface area contributed by atoms with Crippen LogP contribution < -0.4 is 5.56 Å². The molecule has 1 atom stereocenters. The summed E-state index contributed by atoms with van der Waals surface area (Å²) in [6.45, 7) is 3.99. The Morgan fingerprint density at radius 3 is 2.85 bits per heavy atom. The fraction of sp³-hybridized carbons (Fsp3) is 0.450. The number of likely N-dealkylation sites (tertiary alicyclic amines) is 1. The third-order valence-electron chi connectivity index (χ3n) is 5.06. The third kappa shape index (κ3) is 4.38. The molecule has 1 unspecified atom stereocenters. The van der Waals surface area contributed by atoms with Crippen LogP contribution in [0.3, 0.4) is 0 Å². The number of likely N-dealkylation sites (N-methyl/N-ethyl adjacent to an activating group) is 1. The van der Waals surface area contributed by atoms with Crippen molar-refractivity contribution < 1.29 is 4.79 Å². The van der Waals surface area contributed by atoms with E-state index in [1.165, 1.54) is 11.8 Å². The van der Waals surface area contributed by atoms with E-state index in [4.69, 9.17) is 0 Å². The normalized spacial score (nSPS) is 17.5. The Bertz CT molecular complexity index is 803. The number of nitrogens with one attached hydrogen (secondary N) is 1. The lowest BCUT2D eigenvalue weighted by Crippen LogP contribution is -2.49. The molecule has 2 aromatic rings.